The lowest BCUT2D eigenvalue weighted by Gasteiger charge is -2.06. The van der Waals surface area contributed by atoms with Crippen LogP contribution in [0.15, 0.2) is 11.1 Å². The number of aryl methyl sites for hydroxylation is 3. The molecule has 2 heterocycles. The van der Waals surface area contributed by atoms with Crippen LogP contribution in [0.5, 0.6) is 0 Å². The molecule has 0 saturated heterocycles. The largest absolute Gasteiger partial charge is 0.256 e. The fourth-order valence-electron chi connectivity index (χ4n) is 2.42. The second-order valence-electron chi connectivity index (χ2n) is 5.07. The fourth-order valence-corrected chi connectivity index (χ4v) is 3.59. The zero-order chi connectivity index (χ0) is 15.9. The summed E-state index contributed by atoms with van der Waals surface area (Å²) in [7, 11) is -1.77. The molecule has 110 valence electrons. The molecule has 2 aromatic heterocycles. The van der Waals surface area contributed by atoms with Gasteiger partial charge in [-0.25, -0.2) is 13.4 Å². The number of sulfone groups is 1. The molecular formula is C14H16N4O2S. The molecule has 0 bridgehead atoms. The SMILES string of the molecule is Cc1cc(C#N)c(C)nc1-c1nn(C)c(S(C)(=O)=O)c1C. The normalized spacial score (nSPS) is 11.4. The van der Waals surface area contributed by atoms with Gasteiger partial charge in [0, 0.05) is 18.9 Å². The van der Waals surface area contributed by atoms with Crippen molar-refractivity contribution in [3.63, 3.8) is 0 Å². The summed E-state index contributed by atoms with van der Waals surface area (Å²) in [6, 6.07) is 3.83. The monoisotopic (exact) mass is 304 g/mol. The number of hydrogen-bond acceptors (Lipinski definition) is 5. The van der Waals surface area contributed by atoms with Crippen molar-refractivity contribution in [2.24, 2.45) is 7.05 Å². The Morgan fingerprint density at radius 1 is 1.24 bits per heavy atom. The van der Waals surface area contributed by atoms with Crippen LogP contribution in [0.3, 0.4) is 0 Å². The molecule has 6 nitrogen and oxygen atoms in total. The van der Waals surface area contributed by atoms with Crippen LogP contribution < -0.4 is 0 Å². The van der Waals surface area contributed by atoms with Gasteiger partial charge >= 0.3 is 0 Å². The lowest BCUT2D eigenvalue weighted by molar-refractivity contribution is 0.581. The first-order chi connectivity index (χ1) is 9.66. The molecule has 0 aliphatic rings. The van der Waals surface area contributed by atoms with Crippen LogP contribution in [0.1, 0.15) is 22.4 Å². The molecule has 2 rings (SSSR count). The van der Waals surface area contributed by atoms with Crippen LogP contribution in [0.4, 0.5) is 0 Å². The molecule has 0 radical (unpaired) electrons. The van der Waals surface area contributed by atoms with Gasteiger partial charge in [-0.05, 0) is 32.4 Å². The standard InChI is InChI=1S/C14H16N4O2S/c1-8-6-11(7-15)10(3)16-12(8)13-9(2)14(18(4)17-13)21(5,19)20/h6H,1-5H3. The van der Waals surface area contributed by atoms with Crippen molar-refractivity contribution in [2.75, 3.05) is 6.26 Å². The molecule has 2 aromatic rings. The van der Waals surface area contributed by atoms with Crippen molar-refractivity contribution in [3.8, 4) is 17.5 Å². The first kappa shape index (κ1) is 15.2. The lowest BCUT2D eigenvalue weighted by atomic mass is 10.1. The van der Waals surface area contributed by atoms with Crippen LogP contribution in [-0.4, -0.2) is 29.4 Å². The van der Waals surface area contributed by atoms with E-state index >= 15 is 0 Å². The van der Waals surface area contributed by atoms with Gasteiger partial charge in [-0.2, -0.15) is 10.4 Å². The van der Waals surface area contributed by atoms with E-state index in [-0.39, 0.29) is 5.03 Å². The number of pyridine rings is 1. The summed E-state index contributed by atoms with van der Waals surface area (Å²) >= 11 is 0. The molecule has 0 N–H and O–H groups in total. The highest BCUT2D eigenvalue weighted by Crippen LogP contribution is 2.29. The number of hydrogen-bond donors (Lipinski definition) is 0. The maximum absolute atomic E-state index is 11.8. The average molecular weight is 304 g/mol. The average Bonchev–Trinajstić information content (AvgIpc) is 2.66. The minimum absolute atomic E-state index is 0.181. The summed E-state index contributed by atoms with van der Waals surface area (Å²) < 4.78 is 25.1. The summed E-state index contributed by atoms with van der Waals surface area (Å²) in [6.07, 6.45) is 1.16. The van der Waals surface area contributed by atoms with Gasteiger partial charge in [0.1, 0.15) is 11.8 Å². The highest BCUT2D eigenvalue weighted by atomic mass is 32.2. The van der Waals surface area contributed by atoms with E-state index in [1.54, 1.807) is 27.0 Å². The van der Waals surface area contributed by atoms with Gasteiger partial charge in [0.2, 0.25) is 0 Å². The topological polar surface area (TPSA) is 88.6 Å². The third-order valence-corrected chi connectivity index (χ3v) is 4.59. The second-order valence-corrected chi connectivity index (χ2v) is 7.00. The maximum atomic E-state index is 11.8. The quantitative estimate of drug-likeness (QED) is 0.842. The van der Waals surface area contributed by atoms with Crippen LogP contribution >= 0.6 is 0 Å². The Labute approximate surface area is 124 Å². The molecule has 21 heavy (non-hydrogen) atoms. The Morgan fingerprint density at radius 2 is 1.86 bits per heavy atom. The minimum Gasteiger partial charge on any atom is -0.256 e. The van der Waals surface area contributed by atoms with Gasteiger partial charge in [-0.1, -0.05) is 0 Å². The Hall–Kier alpha value is -2.20. The zero-order valence-electron chi connectivity index (χ0n) is 12.6. The molecule has 0 atom stereocenters. The predicted octanol–water partition coefficient (Wildman–Crippen LogP) is 1.68. The zero-order valence-corrected chi connectivity index (χ0v) is 13.4. The molecule has 0 aliphatic heterocycles. The van der Waals surface area contributed by atoms with E-state index in [0.717, 1.165) is 11.8 Å². The Balaban J connectivity index is 2.76. The summed E-state index contributed by atoms with van der Waals surface area (Å²) in [5.41, 5.74) is 3.60. The van der Waals surface area contributed by atoms with Gasteiger partial charge < -0.3 is 0 Å². The molecule has 0 fully saturated rings. The highest BCUT2D eigenvalue weighted by Gasteiger charge is 2.23. The van der Waals surface area contributed by atoms with E-state index in [0.29, 0.717) is 28.2 Å². The van der Waals surface area contributed by atoms with E-state index < -0.39 is 9.84 Å². The van der Waals surface area contributed by atoms with Crippen LogP contribution in [-0.2, 0) is 16.9 Å². The third kappa shape index (κ3) is 2.54. The molecule has 0 saturated carbocycles. The van der Waals surface area contributed by atoms with Crippen LogP contribution in [0, 0.1) is 32.1 Å². The van der Waals surface area contributed by atoms with Gasteiger partial charge in [0.15, 0.2) is 14.9 Å². The number of nitriles is 1. The molecule has 0 aliphatic carbocycles. The van der Waals surface area contributed by atoms with Gasteiger partial charge in [-0.15, -0.1) is 0 Å². The van der Waals surface area contributed by atoms with Crippen molar-refractivity contribution in [2.45, 2.75) is 25.8 Å². The number of aromatic nitrogens is 3. The summed E-state index contributed by atoms with van der Waals surface area (Å²) in [5.74, 6) is 0. The minimum atomic E-state index is -3.37. The van der Waals surface area contributed by atoms with Crippen LogP contribution in [0.2, 0.25) is 0 Å². The van der Waals surface area contributed by atoms with Crippen molar-refractivity contribution in [3.05, 3.63) is 28.5 Å². The van der Waals surface area contributed by atoms with Gasteiger partial charge in [0.05, 0.1) is 17.0 Å². The van der Waals surface area contributed by atoms with Crippen molar-refractivity contribution in [1.82, 2.24) is 14.8 Å². The first-order valence-electron chi connectivity index (χ1n) is 6.29. The lowest BCUT2D eigenvalue weighted by Crippen LogP contribution is -2.06. The van der Waals surface area contributed by atoms with E-state index in [9.17, 15) is 8.42 Å². The number of nitrogens with zero attached hydrogens (tertiary/aromatic N) is 4. The van der Waals surface area contributed by atoms with E-state index in [2.05, 4.69) is 16.2 Å². The second kappa shape index (κ2) is 4.97. The Bertz CT molecular complexity index is 873. The summed E-state index contributed by atoms with van der Waals surface area (Å²) in [4.78, 5) is 4.42. The van der Waals surface area contributed by atoms with Crippen molar-refractivity contribution < 1.29 is 8.42 Å². The summed E-state index contributed by atoms with van der Waals surface area (Å²) in [6.45, 7) is 5.29. The summed E-state index contributed by atoms with van der Waals surface area (Å²) in [5, 5.41) is 13.5. The molecule has 7 heteroatoms. The molecule has 0 unspecified atom stereocenters. The fraction of sp³-hybridized carbons (Fsp3) is 0.357. The van der Waals surface area contributed by atoms with Crippen LogP contribution in [0.25, 0.3) is 11.4 Å². The Kier molecular flexibility index (Phi) is 3.59. The Morgan fingerprint density at radius 3 is 2.33 bits per heavy atom. The number of rotatable bonds is 2. The van der Waals surface area contributed by atoms with Gasteiger partial charge in [0.25, 0.3) is 0 Å². The van der Waals surface area contributed by atoms with Crippen molar-refractivity contribution >= 4 is 9.84 Å². The molecule has 0 amide bonds. The first-order valence-corrected chi connectivity index (χ1v) is 8.18. The van der Waals surface area contributed by atoms with E-state index in [1.807, 2.05) is 6.92 Å². The van der Waals surface area contributed by atoms with Gasteiger partial charge in [-0.3, -0.25) is 4.68 Å². The predicted molar refractivity (Wildman–Crippen MR) is 78.5 cm³/mol. The molecular weight excluding hydrogens is 288 g/mol. The molecule has 0 spiro atoms. The third-order valence-electron chi connectivity index (χ3n) is 3.32. The van der Waals surface area contributed by atoms with E-state index in [4.69, 9.17) is 5.26 Å². The molecule has 0 aromatic carbocycles. The van der Waals surface area contributed by atoms with Crippen molar-refractivity contribution in [1.29, 1.82) is 5.26 Å². The smallest absolute Gasteiger partial charge is 0.192 e. The maximum Gasteiger partial charge on any atom is 0.192 e. The highest BCUT2D eigenvalue weighted by molar-refractivity contribution is 7.90. The van der Waals surface area contributed by atoms with E-state index in [1.165, 1.54) is 4.68 Å².